The highest BCUT2D eigenvalue weighted by Gasteiger charge is 2.24. The van der Waals surface area contributed by atoms with E-state index in [4.69, 9.17) is 0 Å². The maximum Gasteiger partial charge on any atom is 0.253 e. The number of piperidine rings is 1. The molecule has 0 atom stereocenters. The zero-order valence-corrected chi connectivity index (χ0v) is 14.4. The Morgan fingerprint density at radius 3 is 2.30 bits per heavy atom. The molecule has 23 heavy (non-hydrogen) atoms. The van der Waals surface area contributed by atoms with Crippen molar-refractivity contribution in [1.82, 2.24) is 4.90 Å². The molecule has 0 aliphatic carbocycles. The lowest BCUT2D eigenvalue weighted by Gasteiger charge is -2.32. The molecule has 2 aromatic rings. The van der Waals surface area contributed by atoms with Gasteiger partial charge in [0.1, 0.15) is 0 Å². The van der Waals surface area contributed by atoms with Crippen molar-refractivity contribution < 1.29 is 4.79 Å². The summed E-state index contributed by atoms with van der Waals surface area (Å²) in [5.41, 5.74) is 3.49. The number of rotatable bonds is 4. The van der Waals surface area contributed by atoms with Gasteiger partial charge in [0.2, 0.25) is 0 Å². The number of hydrogen-bond donors (Lipinski definition) is 0. The first kappa shape index (κ1) is 16.1. The monoisotopic (exact) mass is 325 g/mol. The molecule has 0 bridgehead atoms. The van der Waals surface area contributed by atoms with Gasteiger partial charge in [-0.15, -0.1) is 0 Å². The number of amides is 1. The van der Waals surface area contributed by atoms with Crippen LogP contribution >= 0.6 is 11.8 Å². The van der Waals surface area contributed by atoms with Crippen molar-refractivity contribution in [2.24, 2.45) is 0 Å². The van der Waals surface area contributed by atoms with Crippen LogP contribution < -0.4 is 0 Å². The van der Waals surface area contributed by atoms with E-state index in [0.717, 1.165) is 37.2 Å². The van der Waals surface area contributed by atoms with Crippen molar-refractivity contribution in [3.05, 3.63) is 71.3 Å². The summed E-state index contributed by atoms with van der Waals surface area (Å²) in [6.07, 6.45) is 4.20. The van der Waals surface area contributed by atoms with Gasteiger partial charge in [-0.05, 0) is 48.3 Å². The minimum atomic E-state index is 0.173. The van der Waals surface area contributed by atoms with Gasteiger partial charge in [0.05, 0.1) is 0 Å². The summed E-state index contributed by atoms with van der Waals surface area (Å²) in [6, 6.07) is 18.7. The molecular weight excluding hydrogens is 302 g/mol. The molecule has 1 aliphatic rings. The summed E-state index contributed by atoms with van der Waals surface area (Å²) >= 11 is 1.80. The first-order chi connectivity index (χ1) is 11.3. The molecule has 0 N–H and O–H groups in total. The molecule has 0 unspecified atom stereocenters. The number of carbonyl (C=O) groups excluding carboxylic acids is 1. The molecule has 2 aromatic carbocycles. The van der Waals surface area contributed by atoms with Crippen molar-refractivity contribution in [1.29, 1.82) is 0 Å². The SMILES string of the molecule is CSCc1ccc(C(=O)N2CCC(c3ccccc3)CC2)cc1. The topological polar surface area (TPSA) is 20.3 Å². The van der Waals surface area contributed by atoms with Crippen LogP contribution in [0.2, 0.25) is 0 Å². The third-order valence-electron chi connectivity index (χ3n) is 4.57. The van der Waals surface area contributed by atoms with E-state index in [9.17, 15) is 4.79 Å². The normalized spacial score (nSPS) is 15.6. The number of benzene rings is 2. The van der Waals surface area contributed by atoms with Crippen LogP contribution in [0.5, 0.6) is 0 Å². The molecule has 3 heteroatoms. The summed E-state index contributed by atoms with van der Waals surface area (Å²) in [4.78, 5) is 14.6. The summed E-state index contributed by atoms with van der Waals surface area (Å²) in [7, 11) is 0. The Hall–Kier alpha value is -1.74. The van der Waals surface area contributed by atoms with Crippen LogP contribution in [0.1, 0.15) is 40.2 Å². The molecule has 1 saturated heterocycles. The molecular formula is C20H23NOS. The molecule has 1 fully saturated rings. The summed E-state index contributed by atoms with van der Waals surface area (Å²) in [6.45, 7) is 1.70. The van der Waals surface area contributed by atoms with Crippen LogP contribution in [0, 0.1) is 0 Å². The molecule has 1 heterocycles. The van der Waals surface area contributed by atoms with E-state index in [1.807, 2.05) is 17.0 Å². The Labute approximate surface area is 142 Å². The van der Waals surface area contributed by atoms with Crippen LogP contribution in [0.15, 0.2) is 54.6 Å². The van der Waals surface area contributed by atoms with Crippen LogP contribution in [0.4, 0.5) is 0 Å². The fourth-order valence-corrected chi connectivity index (χ4v) is 3.76. The van der Waals surface area contributed by atoms with Gasteiger partial charge in [0.25, 0.3) is 5.91 Å². The third kappa shape index (κ3) is 3.97. The summed E-state index contributed by atoms with van der Waals surface area (Å²) < 4.78 is 0. The lowest BCUT2D eigenvalue weighted by Crippen LogP contribution is -2.37. The third-order valence-corrected chi connectivity index (χ3v) is 5.19. The molecule has 0 spiro atoms. The van der Waals surface area contributed by atoms with Gasteiger partial charge < -0.3 is 4.90 Å². The summed E-state index contributed by atoms with van der Waals surface area (Å²) in [5.74, 6) is 1.76. The molecule has 0 aromatic heterocycles. The lowest BCUT2D eigenvalue weighted by molar-refractivity contribution is 0.0713. The maximum absolute atomic E-state index is 12.6. The van der Waals surface area contributed by atoms with Gasteiger partial charge in [0.15, 0.2) is 0 Å². The highest BCUT2D eigenvalue weighted by Crippen LogP contribution is 2.28. The van der Waals surface area contributed by atoms with E-state index in [1.165, 1.54) is 11.1 Å². The van der Waals surface area contributed by atoms with Crippen molar-refractivity contribution in [2.75, 3.05) is 19.3 Å². The number of carbonyl (C=O) groups is 1. The largest absolute Gasteiger partial charge is 0.339 e. The number of likely N-dealkylation sites (tertiary alicyclic amines) is 1. The quantitative estimate of drug-likeness (QED) is 0.821. The Kier molecular flexibility index (Phi) is 5.39. The first-order valence-corrected chi connectivity index (χ1v) is 9.59. The molecule has 120 valence electrons. The Morgan fingerprint density at radius 2 is 1.70 bits per heavy atom. The van der Waals surface area contributed by atoms with E-state index in [-0.39, 0.29) is 5.91 Å². The zero-order valence-electron chi connectivity index (χ0n) is 13.6. The maximum atomic E-state index is 12.6. The number of hydrogen-bond acceptors (Lipinski definition) is 2. The van der Waals surface area contributed by atoms with E-state index in [2.05, 4.69) is 48.7 Å². The van der Waals surface area contributed by atoms with Gasteiger partial charge in [-0.1, -0.05) is 42.5 Å². The van der Waals surface area contributed by atoms with Gasteiger partial charge in [-0.25, -0.2) is 0 Å². The fraction of sp³-hybridized carbons (Fsp3) is 0.350. The Morgan fingerprint density at radius 1 is 1.04 bits per heavy atom. The van der Waals surface area contributed by atoms with E-state index >= 15 is 0 Å². The average Bonchev–Trinajstić information content (AvgIpc) is 2.63. The van der Waals surface area contributed by atoms with Crippen molar-refractivity contribution >= 4 is 17.7 Å². The Bertz CT molecular complexity index is 630. The fourth-order valence-electron chi connectivity index (χ4n) is 3.23. The van der Waals surface area contributed by atoms with Gasteiger partial charge >= 0.3 is 0 Å². The van der Waals surface area contributed by atoms with Gasteiger partial charge in [-0.3, -0.25) is 4.79 Å². The predicted molar refractivity (Wildman–Crippen MR) is 98.0 cm³/mol. The van der Waals surface area contributed by atoms with Crippen molar-refractivity contribution in [3.8, 4) is 0 Å². The van der Waals surface area contributed by atoms with Crippen LogP contribution in [0.3, 0.4) is 0 Å². The molecule has 0 radical (unpaired) electrons. The van der Waals surface area contributed by atoms with E-state index in [0.29, 0.717) is 5.92 Å². The predicted octanol–water partition coefficient (Wildman–Crippen LogP) is 4.57. The Balaban J connectivity index is 1.59. The first-order valence-electron chi connectivity index (χ1n) is 8.20. The molecule has 3 rings (SSSR count). The van der Waals surface area contributed by atoms with Crippen molar-refractivity contribution in [2.45, 2.75) is 24.5 Å². The average molecular weight is 325 g/mol. The lowest BCUT2D eigenvalue weighted by atomic mass is 9.89. The van der Waals surface area contributed by atoms with Crippen molar-refractivity contribution in [3.63, 3.8) is 0 Å². The highest BCUT2D eigenvalue weighted by atomic mass is 32.2. The minimum absolute atomic E-state index is 0.173. The molecule has 2 nitrogen and oxygen atoms in total. The van der Waals surface area contributed by atoms with Crippen LogP contribution in [0.25, 0.3) is 0 Å². The minimum Gasteiger partial charge on any atom is -0.339 e. The summed E-state index contributed by atoms with van der Waals surface area (Å²) in [5, 5.41) is 0. The molecule has 1 aliphatic heterocycles. The van der Waals surface area contributed by atoms with Gasteiger partial charge in [0, 0.05) is 24.4 Å². The molecule has 0 saturated carbocycles. The van der Waals surface area contributed by atoms with Gasteiger partial charge in [-0.2, -0.15) is 11.8 Å². The highest BCUT2D eigenvalue weighted by molar-refractivity contribution is 7.97. The van der Waals surface area contributed by atoms with E-state index in [1.54, 1.807) is 11.8 Å². The van der Waals surface area contributed by atoms with Crippen LogP contribution in [-0.4, -0.2) is 30.2 Å². The smallest absolute Gasteiger partial charge is 0.253 e. The number of thioether (sulfide) groups is 1. The second-order valence-electron chi connectivity index (χ2n) is 6.11. The second kappa shape index (κ2) is 7.69. The standard InChI is InChI=1S/C20H23NOS/c1-23-15-16-7-9-19(10-8-16)20(22)21-13-11-18(12-14-21)17-5-3-2-4-6-17/h2-10,18H,11-15H2,1H3. The second-order valence-corrected chi connectivity index (χ2v) is 6.97. The zero-order chi connectivity index (χ0) is 16.1. The molecule has 1 amide bonds. The van der Waals surface area contributed by atoms with E-state index < -0.39 is 0 Å². The number of nitrogens with zero attached hydrogens (tertiary/aromatic N) is 1. The van der Waals surface area contributed by atoms with Crippen LogP contribution in [-0.2, 0) is 5.75 Å².